The van der Waals surface area contributed by atoms with Gasteiger partial charge in [0.2, 0.25) is 0 Å². The molecule has 0 aliphatic rings. The Kier molecular flexibility index (Phi) is 6.19. The molecule has 2 aromatic rings. The molecule has 21 heavy (non-hydrogen) atoms. The minimum atomic E-state index is -0.132. The second-order valence-electron chi connectivity index (χ2n) is 4.63. The summed E-state index contributed by atoms with van der Waals surface area (Å²) in [7, 11) is 0. The number of rotatable bonds is 7. The quantitative estimate of drug-likeness (QED) is 0.773. The fourth-order valence-electron chi connectivity index (χ4n) is 1.89. The zero-order valence-electron chi connectivity index (χ0n) is 11.7. The van der Waals surface area contributed by atoms with Crippen LogP contribution in [0.1, 0.15) is 22.3 Å². The Labute approximate surface area is 129 Å². The van der Waals surface area contributed by atoms with Crippen LogP contribution in [0.3, 0.4) is 0 Å². The van der Waals surface area contributed by atoms with E-state index in [4.69, 9.17) is 11.6 Å². The highest BCUT2D eigenvalue weighted by molar-refractivity contribution is 6.33. The summed E-state index contributed by atoms with van der Waals surface area (Å²) in [6, 6.07) is 11.0. The molecule has 0 spiro atoms. The third-order valence-electron chi connectivity index (χ3n) is 2.99. The van der Waals surface area contributed by atoms with Crippen LogP contribution >= 0.6 is 11.6 Å². The van der Waals surface area contributed by atoms with Crippen LogP contribution in [-0.4, -0.2) is 24.0 Å². The van der Waals surface area contributed by atoms with Crippen LogP contribution in [-0.2, 0) is 6.54 Å². The molecule has 2 N–H and O–H groups in total. The first-order valence-electron chi connectivity index (χ1n) is 6.90. The van der Waals surface area contributed by atoms with Gasteiger partial charge in [-0.05, 0) is 36.7 Å². The minimum Gasteiger partial charge on any atom is -0.352 e. The Hall–Kier alpha value is -1.91. The largest absolute Gasteiger partial charge is 0.352 e. The van der Waals surface area contributed by atoms with Gasteiger partial charge in [-0.1, -0.05) is 29.8 Å². The van der Waals surface area contributed by atoms with Gasteiger partial charge >= 0.3 is 0 Å². The Balaban J connectivity index is 1.62. The van der Waals surface area contributed by atoms with Crippen LogP contribution < -0.4 is 10.6 Å². The summed E-state index contributed by atoms with van der Waals surface area (Å²) in [6.07, 6.45) is 4.45. The molecule has 0 atom stereocenters. The topological polar surface area (TPSA) is 54.0 Å². The maximum atomic E-state index is 11.9. The predicted molar refractivity (Wildman–Crippen MR) is 84.3 cm³/mol. The van der Waals surface area contributed by atoms with Gasteiger partial charge in [0.05, 0.1) is 10.6 Å². The number of amides is 1. The van der Waals surface area contributed by atoms with E-state index >= 15 is 0 Å². The fourth-order valence-corrected chi connectivity index (χ4v) is 2.11. The molecule has 1 aromatic heterocycles. The summed E-state index contributed by atoms with van der Waals surface area (Å²) in [5.41, 5.74) is 1.67. The highest BCUT2D eigenvalue weighted by Gasteiger charge is 2.07. The van der Waals surface area contributed by atoms with Gasteiger partial charge in [-0.15, -0.1) is 0 Å². The number of hydrogen-bond acceptors (Lipinski definition) is 3. The highest BCUT2D eigenvalue weighted by Crippen LogP contribution is 2.14. The second-order valence-corrected chi connectivity index (χ2v) is 5.03. The Bertz CT molecular complexity index is 575. The Morgan fingerprint density at radius 3 is 2.76 bits per heavy atom. The molecule has 0 aliphatic carbocycles. The van der Waals surface area contributed by atoms with E-state index in [1.165, 1.54) is 0 Å². The number of aromatic nitrogens is 1. The van der Waals surface area contributed by atoms with Gasteiger partial charge in [0.25, 0.3) is 5.91 Å². The molecule has 2 rings (SSSR count). The van der Waals surface area contributed by atoms with Crippen molar-refractivity contribution in [2.75, 3.05) is 13.1 Å². The molecular weight excluding hydrogens is 286 g/mol. The van der Waals surface area contributed by atoms with Crippen molar-refractivity contribution in [2.45, 2.75) is 13.0 Å². The smallest absolute Gasteiger partial charge is 0.252 e. The molecule has 1 aromatic carbocycles. The zero-order chi connectivity index (χ0) is 14.9. The number of carbonyl (C=O) groups excluding carboxylic acids is 1. The van der Waals surface area contributed by atoms with Crippen LogP contribution in [0.15, 0.2) is 48.8 Å². The SMILES string of the molecule is O=C(NCCCNCc1cccnc1)c1ccccc1Cl. The molecule has 0 unspecified atom stereocenters. The standard InChI is InChI=1S/C16H18ClN3O/c17-15-7-2-1-6-14(15)16(21)20-10-4-9-19-12-13-5-3-8-18-11-13/h1-3,5-8,11,19H,4,9-10,12H2,(H,20,21). The van der Waals surface area contributed by atoms with Gasteiger partial charge in [0.1, 0.15) is 0 Å². The summed E-state index contributed by atoms with van der Waals surface area (Å²) in [6.45, 7) is 2.23. The number of nitrogens with one attached hydrogen (secondary N) is 2. The van der Waals surface area contributed by atoms with E-state index in [2.05, 4.69) is 15.6 Å². The molecule has 110 valence electrons. The van der Waals surface area contributed by atoms with E-state index in [1.54, 1.807) is 24.4 Å². The summed E-state index contributed by atoms with van der Waals surface area (Å²) < 4.78 is 0. The molecule has 0 fully saturated rings. The van der Waals surface area contributed by atoms with Crippen molar-refractivity contribution in [3.63, 3.8) is 0 Å². The molecule has 0 bridgehead atoms. The van der Waals surface area contributed by atoms with E-state index in [-0.39, 0.29) is 5.91 Å². The van der Waals surface area contributed by atoms with E-state index < -0.39 is 0 Å². The lowest BCUT2D eigenvalue weighted by Gasteiger charge is -2.07. The van der Waals surface area contributed by atoms with Crippen molar-refractivity contribution in [2.24, 2.45) is 0 Å². The van der Waals surface area contributed by atoms with Crippen molar-refractivity contribution >= 4 is 17.5 Å². The molecule has 0 saturated carbocycles. The molecule has 1 heterocycles. The average Bonchev–Trinajstić information content (AvgIpc) is 2.52. The monoisotopic (exact) mass is 303 g/mol. The third kappa shape index (κ3) is 5.17. The van der Waals surface area contributed by atoms with Crippen LogP contribution in [0, 0.1) is 0 Å². The van der Waals surface area contributed by atoms with Crippen molar-refractivity contribution in [3.8, 4) is 0 Å². The van der Waals surface area contributed by atoms with E-state index in [0.29, 0.717) is 17.1 Å². The second kappa shape index (κ2) is 8.39. The van der Waals surface area contributed by atoms with Crippen molar-refractivity contribution < 1.29 is 4.79 Å². The summed E-state index contributed by atoms with van der Waals surface area (Å²) >= 11 is 5.97. The van der Waals surface area contributed by atoms with Gasteiger partial charge in [-0.25, -0.2) is 0 Å². The van der Waals surface area contributed by atoms with E-state index in [9.17, 15) is 4.79 Å². The molecule has 0 aliphatic heterocycles. The molecule has 5 heteroatoms. The van der Waals surface area contributed by atoms with E-state index in [0.717, 1.165) is 25.1 Å². The highest BCUT2D eigenvalue weighted by atomic mass is 35.5. The summed E-state index contributed by atoms with van der Waals surface area (Å²) in [5, 5.41) is 6.65. The number of halogens is 1. The van der Waals surface area contributed by atoms with Crippen LogP contribution in [0.25, 0.3) is 0 Å². The molecular formula is C16H18ClN3O. The summed E-state index contributed by atoms with van der Waals surface area (Å²) in [4.78, 5) is 16.0. The first kappa shape index (κ1) is 15.5. The minimum absolute atomic E-state index is 0.132. The van der Waals surface area contributed by atoms with Gasteiger partial charge in [0, 0.05) is 25.5 Å². The van der Waals surface area contributed by atoms with Crippen LogP contribution in [0.4, 0.5) is 0 Å². The van der Waals surface area contributed by atoms with Gasteiger partial charge < -0.3 is 10.6 Å². The first-order valence-corrected chi connectivity index (χ1v) is 7.27. The van der Waals surface area contributed by atoms with Gasteiger partial charge in [0.15, 0.2) is 0 Å². The number of nitrogens with zero attached hydrogens (tertiary/aromatic N) is 1. The Morgan fingerprint density at radius 2 is 2.00 bits per heavy atom. The van der Waals surface area contributed by atoms with Gasteiger partial charge in [-0.2, -0.15) is 0 Å². The Morgan fingerprint density at radius 1 is 1.14 bits per heavy atom. The lowest BCUT2D eigenvalue weighted by atomic mass is 10.2. The lowest BCUT2D eigenvalue weighted by molar-refractivity contribution is 0.0953. The van der Waals surface area contributed by atoms with Gasteiger partial charge in [-0.3, -0.25) is 9.78 Å². The maximum Gasteiger partial charge on any atom is 0.252 e. The lowest BCUT2D eigenvalue weighted by Crippen LogP contribution is -2.27. The van der Waals surface area contributed by atoms with Crippen LogP contribution in [0.2, 0.25) is 5.02 Å². The predicted octanol–water partition coefficient (Wildman–Crippen LogP) is 2.64. The normalized spacial score (nSPS) is 10.3. The van der Waals surface area contributed by atoms with Crippen LogP contribution in [0.5, 0.6) is 0 Å². The molecule has 1 amide bonds. The fraction of sp³-hybridized carbons (Fsp3) is 0.250. The van der Waals surface area contributed by atoms with Crippen molar-refractivity contribution in [1.82, 2.24) is 15.6 Å². The van der Waals surface area contributed by atoms with Crippen molar-refractivity contribution in [1.29, 1.82) is 0 Å². The van der Waals surface area contributed by atoms with E-state index in [1.807, 2.05) is 24.4 Å². The average molecular weight is 304 g/mol. The number of pyridine rings is 1. The maximum absolute atomic E-state index is 11.9. The summed E-state index contributed by atoms with van der Waals surface area (Å²) in [5.74, 6) is -0.132. The van der Waals surface area contributed by atoms with Crippen molar-refractivity contribution in [3.05, 3.63) is 64.9 Å². The molecule has 0 radical (unpaired) electrons. The zero-order valence-corrected chi connectivity index (χ0v) is 12.4. The molecule has 4 nitrogen and oxygen atoms in total. The first-order chi connectivity index (χ1) is 10.3. The number of carbonyl (C=O) groups is 1. The number of hydrogen-bond donors (Lipinski definition) is 2. The molecule has 0 saturated heterocycles. The number of benzene rings is 1. The third-order valence-corrected chi connectivity index (χ3v) is 3.32.